The molecular weight excluding hydrogens is 368 g/mol. The number of nitrogens with zero attached hydrogens (tertiary/aromatic N) is 6. The van der Waals surface area contributed by atoms with Gasteiger partial charge in [0.1, 0.15) is 0 Å². The van der Waals surface area contributed by atoms with Gasteiger partial charge in [0.25, 0.3) is 11.8 Å². The van der Waals surface area contributed by atoms with Crippen molar-refractivity contribution in [1.29, 1.82) is 0 Å². The molecule has 0 N–H and O–H groups in total. The second-order valence-corrected chi connectivity index (χ2v) is 8.49. The monoisotopic (exact) mass is 394 g/mol. The van der Waals surface area contributed by atoms with E-state index in [2.05, 4.69) is 20.2 Å². The van der Waals surface area contributed by atoms with Gasteiger partial charge in [-0.15, -0.1) is 0 Å². The zero-order valence-corrected chi connectivity index (χ0v) is 17.3. The standard InChI is InChI=1S/C21H26N6O2/c1-14-16(19(28)26-10-6-5-7-11-26)13-23-27(14)17-9-8-15(12-22-17)18-24-20(25-29-18)21(2,3)4/h8-9,12-13H,5-7,10-11H2,1-4H3. The molecule has 0 radical (unpaired) electrons. The third-order valence-electron chi connectivity index (χ3n) is 5.19. The predicted octanol–water partition coefficient (Wildman–Crippen LogP) is 3.55. The zero-order valence-electron chi connectivity index (χ0n) is 17.3. The summed E-state index contributed by atoms with van der Waals surface area (Å²) in [5.74, 6) is 1.78. The Morgan fingerprint density at radius 1 is 1.10 bits per heavy atom. The van der Waals surface area contributed by atoms with Crippen LogP contribution in [0.5, 0.6) is 0 Å². The minimum Gasteiger partial charge on any atom is -0.339 e. The summed E-state index contributed by atoms with van der Waals surface area (Å²) in [6.45, 7) is 9.63. The summed E-state index contributed by atoms with van der Waals surface area (Å²) in [6.07, 6.45) is 6.64. The summed E-state index contributed by atoms with van der Waals surface area (Å²) >= 11 is 0. The summed E-state index contributed by atoms with van der Waals surface area (Å²) in [5, 5.41) is 8.45. The quantitative estimate of drug-likeness (QED) is 0.675. The molecule has 8 heteroatoms. The first-order chi connectivity index (χ1) is 13.8. The molecule has 4 heterocycles. The Balaban J connectivity index is 1.56. The normalized spacial score (nSPS) is 15.0. The molecule has 0 unspecified atom stereocenters. The molecule has 8 nitrogen and oxygen atoms in total. The first-order valence-electron chi connectivity index (χ1n) is 9.99. The fraction of sp³-hybridized carbons (Fsp3) is 0.476. The molecule has 1 saturated heterocycles. The molecule has 3 aromatic heterocycles. The van der Waals surface area contributed by atoms with Gasteiger partial charge in [-0.1, -0.05) is 25.9 Å². The number of hydrogen-bond acceptors (Lipinski definition) is 6. The molecule has 29 heavy (non-hydrogen) atoms. The van der Waals surface area contributed by atoms with Crippen molar-refractivity contribution in [2.24, 2.45) is 0 Å². The molecule has 1 aliphatic rings. The van der Waals surface area contributed by atoms with Gasteiger partial charge in [0, 0.05) is 24.7 Å². The van der Waals surface area contributed by atoms with Gasteiger partial charge in [-0.2, -0.15) is 10.1 Å². The highest BCUT2D eigenvalue weighted by Gasteiger charge is 2.24. The van der Waals surface area contributed by atoms with E-state index >= 15 is 0 Å². The van der Waals surface area contributed by atoms with E-state index in [1.165, 1.54) is 6.42 Å². The number of piperidine rings is 1. The molecule has 0 aliphatic carbocycles. The molecular formula is C21H26N6O2. The maximum atomic E-state index is 12.8. The van der Waals surface area contributed by atoms with E-state index in [4.69, 9.17) is 4.52 Å². The lowest BCUT2D eigenvalue weighted by atomic mass is 9.96. The van der Waals surface area contributed by atoms with Gasteiger partial charge in [-0.25, -0.2) is 9.67 Å². The SMILES string of the molecule is Cc1c(C(=O)N2CCCCC2)cnn1-c1ccc(-c2nc(C(C)(C)C)no2)cn1. The van der Waals surface area contributed by atoms with E-state index in [0.717, 1.165) is 37.2 Å². The number of hydrogen-bond donors (Lipinski definition) is 0. The average Bonchev–Trinajstić information content (AvgIpc) is 3.35. The minimum atomic E-state index is -0.182. The Labute approximate surface area is 169 Å². The summed E-state index contributed by atoms with van der Waals surface area (Å²) in [6, 6.07) is 3.71. The van der Waals surface area contributed by atoms with Gasteiger partial charge in [0.2, 0.25) is 0 Å². The second-order valence-electron chi connectivity index (χ2n) is 8.49. The highest BCUT2D eigenvalue weighted by atomic mass is 16.5. The summed E-state index contributed by atoms with van der Waals surface area (Å²) in [7, 11) is 0. The van der Waals surface area contributed by atoms with Crippen LogP contribution in [0, 0.1) is 6.92 Å². The van der Waals surface area contributed by atoms with Crippen molar-refractivity contribution in [3.63, 3.8) is 0 Å². The van der Waals surface area contributed by atoms with Crippen LogP contribution in [-0.4, -0.2) is 48.8 Å². The van der Waals surface area contributed by atoms with Crippen LogP contribution in [0.1, 0.15) is 61.9 Å². The highest BCUT2D eigenvalue weighted by Crippen LogP contribution is 2.24. The van der Waals surface area contributed by atoms with Gasteiger partial charge in [-0.05, 0) is 38.3 Å². The molecule has 0 saturated carbocycles. The number of rotatable bonds is 3. The number of amides is 1. The van der Waals surface area contributed by atoms with Gasteiger partial charge in [0.15, 0.2) is 11.6 Å². The number of carbonyl (C=O) groups excluding carboxylic acids is 1. The summed E-state index contributed by atoms with van der Waals surface area (Å²) < 4.78 is 7.07. The van der Waals surface area contributed by atoms with Crippen LogP contribution in [0.2, 0.25) is 0 Å². The largest absolute Gasteiger partial charge is 0.339 e. The molecule has 0 atom stereocenters. The molecule has 0 spiro atoms. The van der Waals surface area contributed by atoms with E-state index in [-0.39, 0.29) is 11.3 Å². The summed E-state index contributed by atoms with van der Waals surface area (Å²) in [5.41, 5.74) is 1.97. The Kier molecular flexibility index (Phi) is 4.94. The minimum absolute atomic E-state index is 0.0469. The van der Waals surface area contributed by atoms with Gasteiger partial charge >= 0.3 is 0 Å². The van der Waals surface area contributed by atoms with Crippen molar-refractivity contribution in [3.8, 4) is 17.3 Å². The molecule has 1 aliphatic heterocycles. The lowest BCUT2D eigenvalue weighted by Gasteiger charge is -2.26. The molecule has 1 amide bonds. The van der Waals surface area contributed by atoms with E-state index in [0.29, 0.717) is 23.1 Å². The van der Waals surface area contributed by atoms with Crippen molar-refractivity contribution in [2.45, 2.75) is 52.4 Å². The van der Waals surface area contributed by atoms with E-state index in [1.54, 1.807) is 17.1 Å². The molecule has 1 fully saturated rings. The average molecular weight is 394 g/mol. The first-order valence-corrected chi connectivity index (χ1v) is 9.99. The third kappa shape index (κ3) is 3.79. The topological polar surface area (TPSA) is 89.9 Å². The second kappa shape index (κ2) is 7.42. The molecule has 0 bridgehead atoms. The smallest absolute Gasteiger partial charge is 0.259 e. The van der Waals surface area contributed by atoms with Crippen molar-refractivity contribution in [1.82, 2.24) is 29.8 Å². The van der Waals surface area contributed by atoms with E-state index < -0.39 is 0 Å². The predicted molar refractivity (Wildman–Crippen MR) is 108 cm³/mol. The first kappa shape index (κ1) is 19.3. The van der Waals surface area contributed by atoms with E-state index in [1.807, 2.05) is 44.7 Å². The van der Waals surface area contributed by atoms with Crippen LogP contribution < -0.4 is 0 Å². The maximum absolute atomic E-state index is 12.8. The van der Waals surface area contributed by atoms with Gasteiger partial charge < -0.3 is 9.42 Å². The Bertz CT molecular complexity index is 1010. The summed E-state index contributed by atoms with van der Waals surface area (Å²) in [4.78, 5) is 23.7. The van der Waals surface area contributed by atoms with Crippen LogP contribution in [0.4, 0.5) is 0 Å². The number of aromatic nitrogens is 5. The Hall–Kier alpha value is -3.03. The lowest BCUT2D eigenvalue weighted by Crippen LogP contribution is -2.35. The van der Waals surface area contributed by atoms with Crippen molar-refractivity contribution in [2.75, 3.05) is 13.1 Å². The number of likely N-dealkylation sites (tertiary alicyclic amines) is 1. The number of carbonyl (C=O) groups is 1. The zero-order chi connectivity index (χ0) is 20.6. The highest BCUT2D eigenvalue weighted by molar-refractivity contribution is 5.95. The van der Waals surface area contributed by atoms with Crippen LogP contribution in [0.3, 0.4) is 0 Å². The molecule has 4 rings (SSSR count). The molecule has 152 valence electrons. The van der Waals surface area contributed by atoms with Crippen LogP contribution in [0.25, 0.3) is 17.3 Å². The van der Waals surface area contributed by atoms with Gasteiger partial charge in [-0.3, -0.25) is 4.79 Å². The van der Waals surface area contributed by atoms with E-state index in [9.17, 15) is 4.79 Å². The van der Waals surface area contributed by atoms with Crippen LogP contribution in [0.15, 0.2) is 29.0 Å². The fourth-order valence-corrected chi connectivity index (χ4v) is 3.40. The Morgan fingerprint density at radius 2 is 1.86 bits per heavy atom. The third-order valence-corrected chi connectivity index (χ3v) is 5.19. The fourth-order valence-electron chi connectivity index (χ4n) is 3.40. The molecule has 0 aromatic carbocycles. The van der Waals surface area contributed by atoms with Gasteiger partial charge in [0.05, 0.1) is 23.0 Å². The van der Waals surface area contributed by atoms with Crippen molar-refractivity contribution >= 4 is 5.91 Å². The van der Waals surface area contributed by atoms with Crippen molar-refractivity contribution < 1.29 is 9.32 Å². The number of pyridine rings is 1. The maximum Gasteiger partial charge on any atom is 0.259 e. The van der Waals surface area contributed by atoms with Crippen LogP contribution >= 0.6 is 0 Å². The van der Waals surface area contributed by atoms with Crippen molar-refractivity contribution in [3.05, 3.63) is 41.6 Å². The lowest BCUT2D eigenvalue weighted by molar-refractivity contribution is 0.0723. The molecule has 3 aromatic rings. The van der Waals surface area contributed by atoms with Crippen LogP contribution in [-0.2, 0) is 5.41 Å². The Morgan fingerprint density at radius 3 is 2.48 bits per heavy atom.